The van der Waals surface area contributed by atoms with E-state index >= 15 is 0 Å². The largest absolute Gasteiger partial charge is 0.496 e. The molecule has 18 heavy (non-hydrogen) atoms. The summed E-state index contributed by atoms with van der Waals surface area (Å²) in [5.74, 6) is 0.967. The molecule has 0 amide bonds. The molecular weight excluding hydrogens is 244 g/mol. The van der Waals surface area contributed by atoms with Gasteiger partial charge in [0.2, 0.25) is 0 Å². The normalized spacial score (nSPS) is 17.2. The second-order valence-electron chi connectivity index (χ2n) is 4.06. The highest BCUT2D eigenvalue weighted by Crippen LogP contribution is 2.31. The van der Waals surface area contributed by atoms with Gasteiger partial charge in [0.05, 0.1) is 12.0 Å². The number of hydrazine groups is 1. The molecular formula is C14H14N2OS. The van der Waals surface area contributed by atoms with E-state index in [-0.39, 0.29) is 0 Å². The first-order chi connectivity index (χ1) is 8.93. The number of ether oxygens (including phenoxy) is 1. The molecule has 2 heterocycles. The van der Waals surface area contributed by atoms with Crippen molar-refractivity contribution >= 4 is 11.8 Å². The monoisotopic (exact) mass is 258 g/mol. The van der Waals surface area contributed by atoms with E-state index in [2.05, 4.69) is 35.1 Å². The maximum absolute atomic E-state index is 5.36. The predicted molar refractivity (Wildman–Crippen MR) is 74.2 cm³/mol. The Balaban J connectivity index is 1.71. The molecule has 4 heteroatoms. The van der Waals surface area contributed by atoms with Gasteiger partial charge in [0.25, 0.3) is 0 Å². The molecule has 1 aromatic rings. The van der Waals surface area contributed by atoms with Crippen LogP contribution in [0, 0.1) is 0 Å². The number of benzene rings is 1. The fourth-order valence-corrected chi connectivity index (χ4v) is 2.88. The molecule has 0 saturated heterocycles. The molecule has 0 aromatic heterocycles. The minimum absolute atomic E-state index is 0.633. The lowest BCUT2D eigenvalue weighted by molar-refractivity contribution is 0.274. The van der Waals surface area contributed by atoms with E-state index in [0.717, 1.165) is 11.4 Å². The summed E-state index contributed by atoms with van der Waals surface area (Å²) in [7, 11) is 0. The predicted octanol–water partition coefficient (Wildman–Crippen LogP) is 2.67. The number of thioether (sulfide) groups is 1. The van der Waals surface area contributed by atoms with Crippen molar-refractivity contribution in [3.8, 4) is 0 Å². The molecule has 2 aliphatic rings. The van der Waals surface area contributed by atoms with Crippen molar-refractivity contribution < 1.29 is 4.74 Å². The first kappa shape index (κ1) is 11.3. The van der Waals surface area contributed by atoms with Gasteiger partial charge in [-0.2, -0.15) is 0 Å². The lowest BCUT2D eigenvalue weighted by Gasteiger charge is -2.24. The Hall–Kier alpha value is -1.81. The Morgan fingerprint density at radius 3 is 3.00 bits per heavy atom. The van der Waals surface area contributed by atoms with Gasteiger partial charge >= 0.3 is 0 Å². The maximum Gasteiger partial charge on any atom is 0.116 e. The highest BCUT2D eigenvalue weighted by atomic mass is 32.2. The van der Waals surface area contributed by atoms with Crippen LogP contribution in [0.5, 0.6) is 0 Å². The Morgan fingerprint density at radius 1 is 1.22 bits per heavy atom. The Morgan fingerprint density at radius 2 is 2.11 bits per heavy atom. The molecule has 0 unspecified atom stereocenters. The van der Waals surface area contributed by atoms with E-state index in [1.807, 2.05) is 30.1 Å². The summed E-state index contributed by atoms with van der Waals surface area (Å²) < 4.78 is 5.36. The zero-order chi connectivity index (χ0) is 12.2. The molecule has 0 saturated carbocycles. The van der Waals surface area contributed by atoms with Crippen LogP contribution in [0.1, 0.15) is 5.56 Å². The fraction of sp³-hybridized carbons (Fsp3) is 0.143. The second-order valence-corrected chi connectivity index (χ2v) is 5.08. The molecule has 0 fully saturated rings. The average molecular weight is 258 g/mol. The molecule has 2 N–H and O–H groups in total. The molecule has 0 bridgehead atoms. The van der Waals surface area contributed by atoms with Crippen LogP contribution in [0.2, 0.25) is 0 Å². The number of allylic oxidation sites excluding steroid dienone is 1. The van der Waals surface area contributed by atoms with Gasteiger partial charge in [0.1, 0.15) is 6.61 Å². The standard InChI is InChI=1S/C14H14N2OS/c1-2-4-11(5-3-1)10-18-14-8-15-16-13-6-7-17-9-12(13)14/h1-8,15-16H,9-10H2. The molecule has 1 aromatic carbocycles. The number of rotatable bonds is 3. The van der Waals surface area contributed by atoms with Crippen LogP contribution < -0.4 is 10.9 Å². The molecule has 0 spiro atoms. The molecule has 0 radical (unpaired) electrons. The summed E-state index contributed by atoms with van der Waals surface area (Å²) in [6.45, 7) is 0.633. The van der Waals surface area contributed by atoms with Gasteiger partial charge in [-0.3, -0.25) is 0 Å². The van der Waals surface area contributed by atoms with Gasteiger partial charge in [-0.1, -0.05) is 30.3 Å². The minimum Gasteiger partial charge on any atom is -0.496 e. The van der Waals surface area contributed by atoms with Crippen molar-refractivity contribution in [1.29, 1.82) is 0 Å². The van der Waals surface area contributed by atoms with Crippen LogP contribution in [0.15, 0.2) is 65.0 Å². The highest BCUT2D eigenvalue weighted by molar-refractivity contribution is 8.02. The van der Waals surface area contributed by atoms with Gasteiger partial charge in [0, 0.05) is 22.4 Å². The zero-order valence-corrected chi connectivity index (χ0v) is 10.7. The molecule has 92 valence electrons. The van der Waals surface area contributed by atoms with Gasteiger partial charge in [-0.05, 0) is 11.6 Å². The summed E-state index contributed by atoms with van der Waals surface area (Å²) >= 11 is 1.82. The third kappa shape index (κ3) is 2.38. The topological polar surface area (TPSA) is 33.3 Å². The summed E-state index contributed by atoms with van der Waals surface area (Å²) in [4.78, 5) is 1.23. The Bertz CT molecular complexity index is 520. The Labute approximate surface area is 111 Å². The summed E-state index contributed by atoms with van der Waals surface area (Å²) in [6.07, 6.45) is 5.66. The average Bonchev–Trinajstić information content (AvgIpc) is 2.46. The third-order valence-electron chi connectivity index (χ3n) is 2.83. The second kappa shape index (κ2) is 5.23. The highest BCUT2D eigenvalue weighted by Gasteiger charge is 2.17. The van der Waals surface area contributed by atoms with Gasteiger partial charge in [-0.15, -0.1) is 11.8 Å². The van der Waals surface area contributed by atoms with Crippen molar-refractivity contribution in [3.05, 3.63) is 70.6 Å². The fourth-order valence-electron chi connectivity index (χ4n) is 1.88. The van der Waals surface area contributed by atoms with E-state index < -0.39 is 0 Å². The van der Waals surface area contributed by atoms with Gasteiger partial charge in [-0.25, -0.2) is 0 Å². The van der Waals surface area contributed by atoms with E-state index in [1.165, 1.54) is 16.0 Å². The van der Waals surface area contributed by atoms with Crippen molar-refractivity contribution in [2.45, 2.75) is 5.75 Å². The van der Waals surface area contributed by atoms with Gasteiger partial charge in [0.15, 0.2) is 0 Å². The Kier molecular flexibility index (Phi) is 3.28. The molecule has 0 atom stereocenters. The minimum atomic E-state index is 0.633. The summed E-state index contributed by atoms with van der Waals surface area (Å²) in [6, 6.07) is 10.5. The van der Waals surface area contributed by atoms with E-state index in [1.54, 1.807) is 6.26 Å². The third-order valence-corrected chi connectivity index (χ3v) is 3.98. The van der Waals surface area contributed by atoms with Gasteiger partial charge < -0.3 is 15.6 Å². The first-order valence-corrected chi connectivity index (χ1v) is 6.82. The maximum atomic E-state index is 5.36. The van der Waals surface area contributed by atoms with Crippen LogP contribution >= 0.6 is 11.8 Å². The van der Waals surface area contributed by atoms with E-state index in [9.17, 15) is 0 Å². The van der Waals surface area contributed by atoms with E-state index in [0.29, 0.717) is 6.61 Å². The molecule has 3 rings (SSSR count). The van der Waals surface area contributed by atoms with Crippen LogP contribution in [0.4, 0.5) is 0 Å². The summed E-state index contributed by atoms with van der Waals surface area (Å²) in [5, 5.41) is 0. The van der Waals surface area contributed by atoms with Crippen LogP contribution in [0.3, 0.4) is 0 Å². The van der Waals surface area contributed by atoms with Crippen molar-refractivity contribution in [3.63, 3.8) is 0 Å². The lowest BCUT2D eigenvalue weighted by Crippen LogP contribution is -2.32. The zero-order valence-electron chi connectivity index (χ0n) is 9.85. The quantitative estimate of drug-likeness (QED) is 0.873. The number of nitrogens with one attached hydrogen (secondary N) is 2. The van der Waals surface area contributed by atoms with Crippen molar-refractivity contribution in [1.82, 2.24) is 10.9 Å². The molecule has 2 aliphatic heterocycles. The van der Waals surface area contributed by atoms with E-state index in [4.69, 9.17) is 4.74 Å². The first-order valence-electron chi connectivity index (χ1n) is 5.83. The van der Waals surface area contributed by atoms with Crippen LogP contribution in [-0.4, -0.2) is 6.61 Å². The SMILES string of the molecule is C1=CC2=C(CO1)C(SCc1ccccc1)=CNN2. The van der Waals surface area contributed by atoms with Crippen LogP contribution in [-0.2, 0) is 10.5 Å². The molecule has 0 aliphatic carbocycles. The van der Waals surface area contributed by atoms with Crippen molar-refractivity contribution in [2.24, 2.45) is 0 Å². The number of hydrogen-bond acceptors (Lipinski definition) is 4. The van der Waals surface area contributed by atoms with Crippen molar-refractivity contribution in [2.75, 3.05) is 6.61 Å². The smallest absolute Gasteiger partial charge is 0.116 e. The lowest BCUT2D eigenvalue weighted by atomic mass is 10.1. The number of hydrogen-bond donors (Lipinski definition) is 2. The van der Waals surface area contributed by atoms with Crippen LogP contribution in [0.25, 0.3) is 0 Å². The summed E-state index contributed by atoms with van der Waals surface area (Å²) in [5.41, 5.74) is 9.84. The molecule has 3 nitrogen and oxygen atoms in total.